The Kier molecular flexibility index (Phi) is 3.79. The third-order valence-corrected chi connectivity index (χ3v) is 4.69. The Morgan fingerprint density at radius 1 is 1.17 bits per heavy atom. The summed E-state index contributed by atoms with van der Waals surface area (Å²) in [5, 5.41) is 0. The Hall–Kier alpha value is -1.95. The molecule has 1 saturated carbocycles. The number of nitrogens with zero attached hydrogens (tertiary/aromatic N) is 3. The highest BCUT2D eigenvalue weighted by atomic mass is 19.4. The van der Waals surface area contributed by atoms with E-state index in [1.165, 1.54) is 18.9 Å². The number of fused-ring (bicyclic) bond motifs is 1. The van der Waals surface area contributed by atoms with Crippen LogP contribution >= 0.6 is 0 Å². The van der Waals surface area contributed by atoms with Crippen LogP contribution < -0.4 is 0 Å². The average Bonchev–Trinajstić information content (AvgIpc) is 3.39. The zero-order valence-electron chi connectivity index (χ0n) is 13.2. The summed E-state index contributed by atoms with van der Waals surface area (Å²) in [5.74, 6) is 1.46. The molecule has 1 aliphatic carbocycles. The van der Waals surface area contributed by atoms with Crippen molar-refractivity contribution in [2.24, 2.45) is 0 Å². The molecule has 0 bridgehead atoms. The maximum atomic E-state index is 13.1. The van der Waals surface area contributed by atoms with Crippen molar-refractivity contribution >= 4 is 0 Å². The van der Waals surface area contributed by atoms with Crippen molar-refractivity contribution < 1.29 is 13.2 Å². The van der Waals surface area contributed by atoms with Gasteiger partial charge in [-0.05, 0) is 24.5 Å². The van der Waals surface area contributed by atoms with Crippen LogP contribution in [-0.4, -0.2) is 21.4 Å². The van der Waals surface area contributed by atoms with E-state index < -0.39 is 11.7 Å². The summed E-state index contributed by atoms with van der Waals surface area (Å²) in [6, 6.07) is 5.81. The quantitative estimate of drug-likeness (QED) is 0.852. The van der Waals surface area contributed by atoms with E-state index in [4.69, 9.17) is 0 Å². The van der Waals surface area contributed by atoms with E-state index in [-0.39, 0.29) is 0 Å². The van der Waals surface area contributed by atoms with Crippen LogP contribution in [0.5, 0.6) is 0 Å². The number of alkyl halides is 3. The van der Waals surface area contributed by atoms with E-state index >= 15 is 0 Å². The van der Waals surface area contributed by atoms with Crippen LogP contribution in [0, 0.1) is 0 Å². The summed E-state index contributed by atoms with van der Waals surface area (Å²) in [6.45, 7) is 1.62. The molecule has 126 valence electrons. The molecule has 2 aliphatic rings. The molecule has 0 atom stereocenters. The molecule has 4 rings (SSSR count). The molecular formula is C18H18F3N3. The molecule has 0 unspecified atom stereocenters. The van der Waals surface area contributed by atoms with Gasteiger partial charge in [0.05, 0.1) is 5.56 Å². The zero-order chi connectivity index (χ0) is 16.7. The molecule has 0 saturated heterocycles. The molecule has 3 nitrogen and oxygen atoms in total. The largest absolute Gasteiger partial charge is 0.416 e. The first-order valence-corrected chi connectivity index (χ1v) is 8.23. The molecule has 0 spiro atoms. The predicted molar refractivity (Wildman–Crippen MR) is 83.3 cm³/mol. The van der Waals surface area contributed by atoms with E-state index in [0.29, 0.717) is 24.6 Å². The topological polar surface area (TPSA) is 29.0 Å². The maximum Gasteiger partial charge on any atom is 0.416 e. The summed E-state index contributed by atoms with van der Waals surface area (Å²) >= 11 is 0. The molecule has 2 aromatic rings. The van der Waals surface area contributed by atoms with Gasteiger partial charge in [0.15, 0.2) is 0 Å². The highest BCUT2D eigenvalue weighted by Gasteiger charge is 2.33. The lowest BCUT2D eigenvalue weighted by atomic mass is 10.0. The first kappa shape index (κ1) is 15.6. The smallest absolute Gasteiger partial charge is 0.294 e. The van der Waals surface area contributed by atoms with Crippen molar-refractivity contribution in [3.8, 4) is 0 Å². The SMILES string of the molecule is FC(F)(F)c1ccccc1CN1CCc2nc(C3CC3)ncc2C1. The summed E-state index contributed by atoms with van der Waals surface area (Å²) in [6.07, 6.45) is 0.647. The van der Waals surface area contributed by atoms with E-state index in [1.807, 2.05) is 11.1 Å². The fraction of sp³-hybridized carbons (Fsp3) is 0.444. The highest BCUT2D eigenvalue weighted by molar-refractivity contribution is 5.30. The van der Waals surface area contributed by atoms with Gasteiger partial charge in [-0.2, -0.15) is 13.2 Å². The van der Waals surface area contributed by atoms with Gasteiger partial charge in [0.25, 0.3) is 0 Å². The number of benzene rings is 1. The molecule has 2 heterocycles. The number of hydrogen-bond acceptors (Lipinski definition) is 3. The molecule has 1 fully saturated rings. The standard InChI is InChI=1S/C18H18F3N3/c19-18(20,21)15-4-2-1-3-13(15)10-24-8-7-16-14(11-24)9-22-17(23-16)12-5-6-12/h1-4,9,12H,5-8,10-11H2. The van der Waals surface area contributed by atoms with Crippen LogP contribution in [0.1, 0.15) is 47.0 Å². The average molecular weight is 333 g/mol. The second-order valence-corrected chi connectivity index (χ2v) is 6.59. The van der Waals surface area contributed by atoms with Crippen LogP contribution in [0.4, 0.5) is 13.2 Å². The van der Waals surface area contributed by atoms with Gasteiger partial charge < -0.3 is 0 Å². The molecule has 1 aromatic carbocycles. The van der Waals surface area contributed by atoms with E-state index in [1.54, 1.807) is 12.1 Å². The second kappa shape index (κ2) is 5.84. The first-order chi connectivity index (χ1) is 11.5. The fourth-order valence-corrected chi connectivity index (χ4v) is 3.24. The van der Waals surface area contributed by atoms with Gasteiger partial charge in [-0.25, -0.2) is 9.97 Å². The highest BCUT2D eigenvalue weighted by Crippen LogP contribution is 2.38. The summed E-state index contributed by atoms with van der Waals surface area (Å²) in [4.78, 5) is 11.1. The molecule has 0 amide bonds. The summed E-state index contributed by atoms with van der Waals surface area (Å²) in [7, 11) is 0. The van der Waals surface area contributed by atoms with Crippen LogP contribution in [0.25, 0.3) is 0 Å². The third kappa shape index (κ3) is 3.15. The minimum atomic E-state index is -4.31. The maximum absolute atomic E-state index is 13.1. The Morgan fingerprint density at radius 3 is 2.71 bits per heavy atom. The van der Waals surface area contributed by atoms with Crippen molar-refractivity contribution in [3.05, 3.63) is 58.7 Å². The second-order valence-electron chi connectivity index (χ2n) is 6.59. The molecule has 0 radical (unpaired) electrons. The van der Waals surface area contributed by atoms with Crippen molar-refractivity contribution in [2.75, 3.05) is 6.54 Å². The monoisotopic (exact) mass is 333 g/mol. The Balaban J connectivity index is 1.51. The van der Waals surface area contributed by atoms with Crippen molar-refractivity contribution in [3.63, 3.8) is 0 Å². The van der Waals surface area contributed by atoms with E-state index in [9.17, 15) is 13.2 Å². The molecule has 0 N–H and O–H groups in total. The molecule has 1 aromatic heterocycles. The zero-order valence-corrected chi connectivity index (χ0v) is 13.2. The number of aromatic nitrogens is 2. The fourth-order valence-electron chi connectivity index (χ4n) is 3.24. The van der Waals surface area contributed by atoms with Gasteiger partial charge >= 0.3 is 6.18 Å². The lowest BCUT2D eigenvalue weighted by molar-refractivity contribution is -0.138. The van der Waals surface area contributed by atoms with Crippen LogP contribution in [0.2, 0.25) is 0 Å². The number of hydrogen-bond donors (Lipinski definition) is 0. The van der Waals surface area contributed by atoms with Gasteiger partial charge in [0.2, 0.25) is 0 Å². The van der Waals surface area contributed by atoms with Gasteiger partial charge in [-0.3, -0.25) is 4.90 Å². The minimum absolute atomic E-state index is 0.291. The minimum Gasteiger partial charge on any atom is -0.294 e. The molecule has 24 heavy (non-hydrogen) atoms. The lowest BCUT2D eigenvalue weighted by Gasteiger charge is -2.29. The predicted octanol–water partition coefficient (Wildman–Crippen LogP) is 3.93. The molecule has 1 aliphatic heterocycles. The normalized spacial score (nSPS) is 18.5. The summed E-state index contributed by atoms with van der Waals surface area (Å²) < 4.78 is 39.4. The number of halogens is 3. The Morgan fingerprint density at radius 2 is 1.96 bits per heavy atom. The van der Waals surface area contributed by atoms with Crippen molar-refractivity contribution in [1.29, 1.82) is 0 Å². The van der Waals surface area contributed by atoms with Gasteiger partial charge in [0, 0.05) is 49.4 Å². The van der Waals surface area contributed by atoms with E-state index in [0.717, 1.165) is 36.1 Å². The van der Waals surface area contributed by atoms with Crippen LogP contribution in [0.15, 0.2) is 30.5 Å². The Labute approximate surface area is 138 Å². The van der Waals surface area contributed by atoms with Crippen molar-refractivity contribution in [2.45, 2.75) is 44.4 Å². The van der Waals surface area contributed by atoms with Gasteiger partial charge in [-0.1, -0.05) is 18.2 Å². The third-order valence-electron chi connectivity index (χ3n) is 4.69. The molecule has 6 heteroatoms. The Bertz CT molecular complexity index is 753. The van der Waals surface area contributed by atoms with Gasteiger partial charge in [0.1, 0.15) is 5.82 Å². The lowest BCUT2D eigenvalue weighted by Crippen LogP contribution is -2.31. The van der Waals surface area contributed by atoms with Crippen molar-refractivity contribution in [1.82, 2.24) is 14.9 Å². The summed E-state index contributed by atoms with van der Waals surface area (Å²) in [5.41, 5.74) is 1.88. The van der Waals surface area contributed by atoms with Crippen LogP contribution in [0.3, 0.4) is 0 Å². The van der Waals surface area contributed by atoms with Crippen LogP contribution in [-0.2, 0) is 25.7 Å². The van der Waals surface area contributed by atoms with Gasteiger partial charge in [-0.15, -0.1) is 0 Å². The molecular weight excluding hydrogens is 315 g/mol. The van der Waals surface area contributed by atoms with E-state index in [2.05, 4.69) is 9.97 Å². The number of rotatable bonds is 3. The first-order valence-electron chi connectivity index (χ1n) is 8.23.